The minimum atomic E-state index is -0.214. The van der Waals surface area contributed by atoms with Crippen molar-refractivity contribution in [2.45, 2.75) is 12.3 Å². The fourth-order valence-corrected chi connectivity index (χ4v) is 1.22. The van der Waals surface area contributed by atoms with Gasteiger partial charge in [0.2, 0.25) is 5.89 Å². The summed E-state index contributed by atoms with van der Waals surface area (Å²) in [6, 6.07) is 5.34. The summed E-state index contributed by atoms with van der Waals surface area (Å²) < 4.78 is 5.39. The highest BCUT2D eigenvalue weighted by Crippen LogP contribution is 2.24. The standard InChI is InChI=1S/C9H9ClN2O/c1-5(10)9-12-7-3-2-6(11)4-8(7)13-9/h2-5H,11H2,1H3/t5-/m0/s1. The minimum absolute atomic E-state index is 0.214. The van der Waals surface area contributed by atoms with Gasteiger partial charge in [-0.25, -0.2) is 4.98 Å². The summed E-state index contributed by atoms with van der Waals surface area (Å²) in [4.78, 5) is 4.20. The largest absolute Gasteiger partial charge is 0.439 e. The molecular formula is C9H9ClN2O. The van der Waals surface area contributed by atoms with Crippen molar-refractivity contribution in [3.63, 3.8) is 0 Å². The maximum Gasteiger partial charge on any atom is 0.213 e. The van der Waals surface area contributed by atoms with E-state index in [9.17, 15) is 0 Å². The topological polar surface area (TPSA) is 52.0 Å². The van der Waals surface area contributed by atoms with Gasteiger partial charge < -0.3 is 10.2 Å². The first-order chi connectivity index (χ1) is 6.16. The first kappa shape index (κ1) is 8.38. The molecule has 13 heavy (non-hydrogen) atoms. The maximum absolute atomic E-state index is 5.83. The second kappa shape index (κ2) is 2.92. The Hall–Kier alpha value is -1.22. The Morgan fingerprint density at radius 2 is 2.31 bits per heavy atom. The third-order valence-corrected chi connectivity index (χ3v) is 1.96. The van der Waals surface area contributed by atoms with E-state index in [-0.39, 0.29) is 5.38 Å². The van der Waals surface area contributed by atoms with E-state index in [1.807, 2.05) is 13.0 Å². The molecule has 3 nitrogen and oxygen atoms in total. The third kappa shape index (κ3) is 1.47. The van der Waals surface area contributed by atoms with Gasteiger partial charge in [0.15, 0.2) is 5.58 Å². The molecule has 0 radical (unpaired) electrons. The number of fused-ring (bicyclic) bond motifs is 1. The monoisotopic (exact) mass is 196 g/mol. The zero-order valence-electron chi connectivity index (χ0n) is 7.12. The lowest BCUT2D eigenvalue weighted by atomic mass is 10.3. The molecule has 0 aliphatic heterocycles. The van der Waals surface area contributed by atoms with Crippen LogP contribution in [0.1, 0.15) is 18.2 Å². The number of nitrogen functional groups attached to an aromatic ring is 1. The maximum atomic E-state index is 5.83. The van der Waals surface area contributed by atoms with E-state index >= 15 is 0 Å². The number of benzene rings is 1. The van der Waals surface area contributed by atoms with E-state index in [0.717, 1.165) is 5.52 Å². The Morgan fingerprint density at radius 3 is 3.00 bits per heavy atom. The Bertz CT molecular complexity index is 436. The van der Waals surface area contributed by atoms with E-state index in [1.54, 1.807) is 12.1 Å². The highest BCUT2D eigenvalue weighted by atomic mass is 35.5. The fourth-order valence-electron chi connectivity index (χ4n) is 1.13. The SMILES string of the molecule is C[C@H](Cl)c1nc2ccc(N)cc2o1. The molecule has 2 N–H and O–H groups in total. The van der Waals surface area contributed by atoms with Crippen molar-refractivity contribution in [1.29, 1.82) is 0 Å². The molecule has 0 amide bonds. The van der Waals surface area contributed by atoms with Crippen LogP contribution in [0.25, 0.3) is 11.1 Å². The van der Waals surface area contributed by atoms with Crippen molar-refractivity contribution in [3.8, 4) is 0 Å². The molecule has 0 spiro atoms. The molecule has 1 heterocycles. The number of anilines is 1. The second-order valence-electron chi connectivity index (χ2n) is 2.90. The summed E-state index contributed by atoms with van der Waals surface area (Å²) in [5, 5.41) is -0.214. The fraction of sp³-hybridized carbons (Fsp3) is 0.222. The number of nitrogens with two attached hydrogens (primary N) is 1. The number of rotatable bonds is 1. The summed E-state index contributed by atoms with van der Waals surface area (Å²) in [7, 11) is 0. The van der Waals surface area contributed by atoms with Crippen LogP contribution < -0.4 is 5.73 Å². The van der Waals surface area contributed by atoms with Crippen molar-refractivity contribution in [3.05, 3.63) is 24.1 Å². The summed E-state index contributed by atoms with van der Waals surface area (Å²) in [6.45, 7) is 1.82. The van der Waals surface area contributed by atoms with Crippen LogP contribution in [-0.4, -0.2) is 4.98 Å². The van der Waals surface area contributed by atoms with Crippen molar-refractivity contribution >= 4 is 28.4 Å². The Balaban J connectivity index is 2.62. The number of halogens is 1. The summed E-state index contributed by atoms with van der Waals surface area (Å²) >= 11 is 5.83. The molecular weight excluding hydrogens is 188 g/mol. The molecule has 1 aromatic carbocycles. The lowest BCUT2D eigenvalue weighted by Gasteiger charge is -1.91. The van der Waals surface area contributed by atoms with E-state index in [4.69, 9.17) is 21.8 Å². The first-order valence-electron chi connectivity index (χ1n) is 3.97. The molecule has 0 fully saturated rings. The van der Waals surface area contributed by atoms with Crippen LogP contribution in [0.15, 0.2) is 22.6 Å². The van der Waals surface area contributed by atoms with Crippen molar-refractivity contribution in [2.75, 3.05) is 5.73 Å². The van der Waals surface area contributed by atoms with Gasteiger partial charge in [0.05, 0.1) is 0 Å². The zero-order chi connectivity index (χ0) is 9.42. The Morgan fingerprint density at radius 1 is 1.54 bits per heavy atom. The minimum Gasteiger partial charge on any atom is -0.439 e. The average molecular weight is 197 g/mol. The predicted molar refractivity (Wildman–Crippen MR) is 52.7 cm³/mol. The van der Waals surface area contributed by atoms with Crippen LogP contribution in [0, 0.1) is 0 Å². The van der Waals surface area contributed by atoms with Crippen molar-refractivity contribution in [1.82, 2.24) is 4.98 Å². The van der Waals surface area contributed by atoms with Crippen LogP contribution in [0.3, 0.4) is 0 Å². The quantitative estimate of drug-likeness (QED) is 0.564. The molecule has 1 aromatic heterocycles. The lowest BCUT2D eigenvalue weighted by molar-refractivity contribution is 0.531. The van der Waals surface area contributed by atoms with E-state index in [1.165, 1.54) is 0 Å². The Labute approximate surface area is 80.5 Å². The van der Waals surface area contributed by atoms with Gasteiger partial charge in [-0.3, -0.25) is 0 Å². The smallest absolute Gasteiger partial charge is 0.213 e. The van der Waals surface area contributed by atoms with E-state index < -0.39 is 0 Å². The van der Waals surface area contributed by atoms with Gasteiger partial charge in [-0.1, -0.05) is 0 Å². The summed E-state index contributed by atoms with van der Waals surface area (Å²) in [5.41, 5.74) is 7.72. The molecule has 4 heteroatoms. The van der Waals surface area contributed by atoms with Gasteiger partial charge in [0.1, 0.15) is 10.9 Å². The zero-order valence-corrected chi connectivity index (χ0v) is 7.88. The Kier molecular flexibility index (Phi) is 1.88. The number of hydrogen-bond donors (Lipinski definition) is 1. The van der Waals surface area contributed by atoms with Crippen LogP contribution in [0.5, 0.6) is 0 Å². The molecule has 0 aliphatic carbocycles. The number of alkyl halides is 1. The molecule has 0 bridgehead atoms. The molecule has 2 aromatic rings. The molecule has 68 valence electrons. The normalized spacial score (nSPS) is 13.4. The summed E-state index contributed by atoms with van der Waals surface area (Å²) in [5.74, 6) is 0.530. The summed E-state index contributed by atoms with van der Waals surface area (Å²) in [6.07, 6.45) is 0. The van der Waals surface area contributed by atoms with Gasteiger partial charge in [-0.05, 0) is 19.1 Å². The van der Waals surface area contributed by atoms with Gasteiger partial charge >= 0.3 is 0 Å². The van der Waals surface area contributed by atoms with Crippen LogP contribution in [0.2, 0.25) is 0 Å². The van der Waals surface area contributed by atoms with E-state index in [0.29, 0.717) is 17.2 Å². The first-order valence-corrected chi connectivity index (χ1v) is 4.40. The lowest BCUT2D eigenvalue weighted by Crippen LogP contribution is -1.82. The van der Waals surface area contributed by atoms with Crippen LogP contribution >= 0.6 is 11.6 Å². The van der Waals surface area contributed by atoms with Gasteiger partial charge in [0.25, 0.3) is 0 Å². The van der Waals surface area contributed by atoms with Gasteiger partial charge in [0, 0.05) is 11.8 Å². The average Bonchev–Trinajstić information content (AvgIpc) is 2.46. The number of hydrogen-bond acceptors (Lipinski definition) is 3. The third-order valence-electron chi connectivity index (χ3n) is 1.77. The van der Waals surface area contributed by atoms with Gasteiger partial charge in [-0.2, -0.15) is 0 Å². The molecule has 1 atom stereocenters. The van der Waals surface area contributed by atoms with Crippen molar-refractivity contribution < 1.29 is 4.42 Å². The number of oxazole rings is 1. The number of aromatic nitrogens is 1. The molecule has 0 unspecified atom stereocenters. The molecule has 0 aliphatic rings. The van der Waals surface area contributed by atoms with Crippen LogP contribution in [-0.2, 0) is 0 Å². The molecule has 2 rings (SSSR count). The van der Waals surface area contributed by atoms with Crippen molar-refractivity contribution in [2.24, 2.45) is 0 Å². The predicted octanol–water partition coefficient (Wildman–Crippen LogP) is 2.71. The van der Waals surface area contributed by atoms with Crippen LogP contribution in [0.4, 0.5) is 5.69 Å². The molecule has 0 saturated heterocycles. The van der Waals surface area contributed by atoms with E-state index in [2.05, 4.69) is 4.98 Å². The highest BCUT2D eigenvalue weighted by Gasteiger charge is 2.10. The number of nitrogens with zero attached hydrogens (tertiary/aromatic N) is 1. The van der Waals surface area contributed by atoms with Gasteiger partial charge in [-0.15, -0.1) is 11.6 Å². The highest BCUT2D eigenvalue weighted by molar-refractivity contribution is 6.20. The molecule has 0 saturated carbocycles. The second-order valence-corrected chi connectivity index (χ2v) is 3.55.